The van der Waals surface area contributed by atoms with Crippen molar-refractivity contribution in [1.29, 1.82) is 0 Å². The summed E-state index contributed by atoms with van der Waals surface area (Å²) in [7, 11) is 1.36. The van der Waals surface area contributed by atoms with Crippen LogP contribution in [0.5, 0.6) is 0 Å². The van der Waals surface area contributed by atoms with E-state index in [1.54, 1.807) is 0 Å². The summed E-state index contributed by atoms with van der Waals surface area (Å²) in [5.41, 5.74) is 1.15. The number of hydrogen-bond acceptors (Lipinski definition) is 5. The van der Waals surface area contributed by atoms with E-state index in [0.717, 1.165) is 18.7 Å². The molecule has 2 heterocycles. The van der Waals surface area contributed by atoms with Crippen molar-refractivity contribution < 1.29 is 9.53 Å². The Balaban J connectivity index is 0.00000162. The molecule has 1 aromatic rings. The Morgan fingerprint density at radius 1 is 1.61 bits per heavy atom. The van der Waals surface area contributed by atoms with Crippen molar-refractivity contribution >= 4 is 24.5 Å². The smallest absolute Gasteiger partial charge is 0.327 e. The first-order valence-electron chi connectivity index (χ1n) is 5.68. The lowest BCUT2D eigenvalue weighted by atomic mass is 10.1. The Bertz CT molecular complexity index is 422. The van der Waals surface area contributed by atoms with Crippen LogP contribution >= 0.6 is 12.4 Å². The van der Waals surface area contributed by atoms with E-state index in [0.29, 0.717) is 5.82 Å². The number of ether oxygens (including phenoxy) is 1. The van der Waals surface area contributed by atoms with Crippen LogP contribution in [0.3, 0.4) is 0 Å². The third-order valence-electron chi connectivity index (χ3n) is 2.68. The van der Waals surface area contributed by atoms with E-state index >= 15 is 0 Å². The zero-order valence-electron chi connectivity index (χ0n) is 10.3. The van der Waals surface area contributed by atoms with Gasteiger partial charge in [-0.3, -0.25) is 4.79 Å². The molecule has 0 unspecified atom stereocenters. The summed E-state index contributed by atoms with van der Waals surface area (Å²) >= 11 is 0. The second-order valence-electron chi connectivity index (χ2n) is 3.91. The van der Waals surface area contributed by atoms with Gasteiger partial charge in [0.1, 0.15) is 12.9 Å². The predicted octanol–water partition coefficient (Wildman–Crippen LogP) is 0.987. The molecule has 0 atom stereocenters. The van der Waals surface area contributed by atoms with Gasteiger partial charge in [0.05, 0.1) is 7.11 Å². The molecule has 1 aliphatic heterocycles. The average molecular weight is 273 g/mol. The van der Waals surface area contributed by atoms with Gasteiger partial charge in [-0.25, -0.2) is 9.67 Å². The van der Waals surface area contributed by atoms with Crippen molar-refractivity contribution in [2.45, 2.75) is 25.8 Å². The van der Waals surface area contributed by atoms with Gasteiger partial charge >= 0.3 is 5.97 Å². The highest BCUT2D eigenvalue weighted by Gasteiger charge is 2.10. The number of rotatable bonds is 3. The minimum Gasteiger partial charge on any atom is -0.468 e. The van der Waals surface area contributed by atoms with Crippen LogP contribution < -0.4 is 5.32 Å². The lowest BCUT2D eigenvalue weighted by Crippen LogP contribution is -2.20. The Hall–Kier alpha value is -1.56. The molecule has 6 nitrogen and oxygen atoms in total. The quantitative estimate of drug-likeness (QED) is 0.831. The van der Waals surface area contributed by atoms with E-state index in [4.69, 9.17) is 0 Å². The number of allylic oxidation sites excluding steroid dienone is 1. The number of nitrogens with zero attached hydrogens (tertiary/aromatic N) is 3. The minimum absolute atomic E-state index is 0. The predicted molar refractivity (Wildman–Crippen MR) is 69.1 cm³/mol. The van der Waals surface area contributed by atoms with Crippen LogP contribution in [0.25, 0.3) is 6.08 Å². The fourth-order valence-electron chi connectivity index (χ4n) is 1.75. The monoisotopic (exact) mass is 272 g/mol. The number of carbonyl (C=O) groups excluding carboxylic acids is 1. The second-order valence-corrected chi connectivity index (χ2v) is 3.91. The van der Waals surface area contributed by atoms with Gasteiger partial charge in [-0.2, -0.15) is 5.10 Å². The largest absolute Gasteiger partial charge is 0.468 e. The van der Waals surface area contributed by atoms with E-state index in [1.807, 2.05) is 6.08 Å². The number of piperidine rings is 1. The molecule has 0 saturated carbocycles. The van der Waals surface area contributed by atoms with Gasteiger partial charge in [-0.1, -0.05) is 0 Å². The van der Waals surface area contributed by atoms with Crippen molar-refractivity contribution in [3.05, 3.63) is 17.8 Å². The molecular weight excluding hydrogens is 256 g/mol. The highest BCUT2D eigenvalue weighted by Crippen LogP contribution is 2.13. The molecule has 1 aliphatic rings. The number of esters is 1. The first-order valence-corrected chi connectivity index (χ1v) is 5.68. The maximum Gasteiger partial charge on any atom is 0.327 e. The first kappa shape index (κ1) is 14.5. The Kier molecular flexibility index (Phi) is 5.64. The zero-order chi connectivity index (χ0) is 12.1. The summed E-state index contributed by atoms with van der Waals surface area (Å²) in [5, 5.41) is 7.32. The maximum atomic E-state index is 11.2. The van der Waals surface area contributed by atoms with Gasteiger partial charge in [-0.15, -0.1) is 12.4 Å². The molecule has 1 fully saturated rings. The topological polar surface area (TPSA) is 69.0 Å². The lowest BCUT2D eigenvalue weighted by Gasteiger charge is -2.16. The highest BCUT2D eigenvalue weighted by atomic mass is 35.5. The van der Waals surface area contributed by atoms with Crippen LogP contribution in [0.1, 0.15) is 25.1 Å². The van der Waals surface area contributed by atoms with Gasteiger partial charge in [0.15, 0.2) is 5.82 Å². The Morgan fingerprint density at radius 3 is 3.11 bits per heavy atom. The van der Waals surface area contributed by atoms with Crippen molar-refractivity contribution in [1.82, 2.24) is 20.1 Å². The third kappa shape index (κ3) is 3.73. The van der Waals surface area contributed by atoms with Crippen LogP contribution in [0.4, 0.5) is 0 Å². The number of hydrogen-bond donors (Lipinski definition) is 1. The number of halogens is 1. The number of carbonyl (C=O) groups is 1. The molecule has 2 rings (SSSR count). The van der Waals surface area contributed by atoms with E-state index < -0.39 is 0 Å². The van der Waals surface area contributed by atoms with Gasteiger partial charge in [0.25, 0.3) is 0 Å². The number of nitrogens with one attached hydrogen (secondary N) is 1. The Labute approximate surface area is 112 Å². The molecule has 0 spiro atoms. The molecule has 0 bridgehead atoms. The van der Waals surface area contributed by atoms with E-state index in [2.05, 4.69) is 20.1 Å². The van der Waals surface area contributed by atoms with Crippen molar-refractivity contribution in [2.24, 2.45) is 0 Å². The highest BCUT2D eigenvalue weighted by molar-refractivity contribution is 5.85. The summed E-state index contributed by atoms with van der Waals surface area (Å²) in [5.74, 6) is 0.353. The fourth-order valence-corrected chi connectivity index (χ4v) is 1.75. The molecule has 18 heavy (non-hydrogen) atoms. The first-order chi connectivity index (χ1) is 8.29. The standard InChI is InChI=1S/C11H16N4O2.ClH/c1-17-11(16)7-15-10(13-8-14-15)6-9-4-2-3-5-12-9;/h6,8,12H,2-5,7H2,1H3;1H. The molecule has 100 valence electrons. The summed E-state index contributed by atoms with van der Waals surface area (Å²) in [6.07, 6.45) is 6.79. The molecular formula is C11H17ClN4O2. The number of methoxy groups -OCH3 is 1. The molecule has 0 radical (unpaired) electrons. The van der Waals surface area contributed by atoms with Crippen LogP contribution in [0, 0.1) is 0 Å². The second kappa shape index (κ2) is 7.00. The fraction of sp³-hybridized carbons (Fsp3) is 0.545. The third-order valence-corrected chi connectivity index (χ3v) is 2.68. The molecule has 7 heteroatoms. The van der Waals surface area contributed by atoms with Gasteiger partial charge in [0, 0.05) is 18.3 Å². The van der Waals surface area contributed by atoms with E-state index in [9.17, 15) is 4.79 Å². The Morgan fingerprint density at radius 2 is 2.44 bits per heavy atom. The van der Waals surface area contributed by atoms with E-state index in [-0.39, 0.29) is 24.9 Å². The molecule has 0 aromatic carbocycles. The summed E-state index contributed by atoms with van der Waals surface area (Å²) < 4.78 is 6.14. The number of aromatic nitrogens is 3. The lowest BCUT2D eigenvalue weighted by molar-refractivity contribution is -0.141. The molecule has 1 saturated heterocycles. The summed E-state index contributed by atoms with van der Waals surface area (Å²) in [6, 6.07) is 0. The normalized spacial score (nSPS) is 16.8. The maximum absolute atomic E-state index is 11.2. The van der Waals surface area contributed by atoms with Gasteiger partial charge in [0.2, 0.25) is 0 Å². The van der Waals surface area contributed by atoms with Crippen LogP contribution in [-0.2, 0) is 16.1 Å². The van der Waals surface area contributed by atoms with Crippen molar-refractivity contribution in [3.63, 3.8) is 0 Å². The van der Waals surface area contributed by atoms with Crippen molar-refractivity contribution in [3.8, 4) is 0 Å². The molecule has 1 N–H and O–H groups in total. The van der Waals surface area contributed by atoms with Crippen LogP contribution in [-0.4, -0.2) is 34.4 Å². The van der Waals surface area contributed by atoms with Gasteiger partial charge in [-0.05, 0) is 19.3 Å². The van der Waals surface area contributed by atoms with Crippen molar-refractivity contribution in [2.75, 3.05) is 13.7 Å². The van der Waals surface area contributed by atoms with Crippen LogP contribution in [0.2, 0.25) is 0 Å². The summed E-state index contributed by atoms with van der Waals surface area (Å²) in [6.45, 7) is 1.09. The summed E-state index contributed by atoms with van der Waals surface area (Å²) in [4.78, 5) is 15.3. The molecule has 0 aliphatic carbocycles. The average Bonchev–Trinajstić information content (AvgIpc) is 2.78. The zero-order valence-corrected chi connectivity index (χ0v) is 11.1. The minimum atomic E-state index is -0.327. The SMILES string of the molecule is COC(=O)Cn1ncnc1C=C1CCCCN1.Cl. The van der Waals surface area contributed by atoms with Gasteiger partial charge < -0.3 is 10.1 Å². The molecule has 1 aromatic heterocycles. The van der Waals surface area contributed by atoms with E-state index in [1.165, 1.54) is 31.0 Å². The molecule has 0 amide bonds. The van der Waals surface area contributed by atoms with Crippen LogP contribution in [0.15, 0.2) is 12.0 Å².